The van der Waals surface area contributed by atoms with Gasteiger partial charge in [-0.1, -0.05) is 19.0 Å². The highest BCUT2D eigenvalue weighted by Gasteiger charge is 2.47. The van der Waals surface area contributed by atoms with E-state index >= 15 is 0 Å². The lowest BCUT2D eigenvalue weighted by molar-refractivity contribution is -0.0308. The Morgan fingerprint density at radius 2 is 2.08 bits per heavy atom. The first-order chi connectivity index (χ1) is 11.4. The molecule has 1 N–H and O–H groups in total. The van der Waals surface area contributed by atoms with Crippen molar-refractivity contribution in [2.75, 3.05) is 33.8 Å². The molecule has 1 aliphatic heterocycles. The summed E-state index contributed by atoms with van der Waals surface area (Å²) in [6, 6.07) is 0. The lowest BCUT2D eigenvalue weighted by Gasteiger charge is -2.36. The monoisotopic (exact) mass is 335 g/mol. The van der Waals surface area contributed by atoms with Crippen molar-refractivity contribution in [2.45, 2.75) is 64.0 Å². The Kier molecular flexibility index (Phi) is 5.33. The van der Waals surface area contributed by atoms with E-state index in [1.807, 2.05) is 13.2 Å². The summed E-state index contributed by atoms with van der Waals surface area (Å²) in [6.07, 6.45) is 7.71. The smallest absolute Gasteiger partial charge is 0.144 e. The van der Waals surface area contributed by atoms with Crippen molar-refractivity contribution in [2.24, 2.45) is 5.41 Å². The van der Waals surface area contributed by atoms with Gasteiger partial charge in [-0.3, -0.25) is 0 Å². The minimum absolute atomic E-state index is 0.129. The van der Waals surface area contributed by atoms with Crippen molar-refractivity contribution in [1.29, 1.82) is 0 Å². The molecule has 1 saturated carbocycles. The third kappa shape index (κ3) is 4.01. The Hall–Kier alpha value is -0.910. The van der Waals surface area contributed by atoms with E-state index in [4.69, 9.17) is 9.26 Å². The second kappa shape index (κ2) is 7.14. The Balaban J connectivity index is 1.58. The Bertz CT molecular complexity index is 532. The quantitative estimate of drug-likeness (QED) is 0.865. The molecule has 0 amide bonds. The third-order valence-electron chi connectivity index (χ3n) is 5.70. The van der Waals surface area contributed by atoms with E-state index in [2.05, 4.69) is 36.3 Å². The molecule has 2 heterocycles. The van der Waals surface area contributed by atoms with Crippen molar-refractivity contribution >= 4 is 0 Å². The van der Waals surface area contributed by atoms with Gasteiger partial charge in [0.05, 0.1) is 18.4 Å². The lowest BCUT2D eigenvalue weighted by Crippen LogP contribution is -2.33. The number of ether oxygens (including phenoxy) is 1. The van der Waals surface area contributed by atoms with Crippen LogP contribution in [0.4, 0.5) is 0 Å². The van der Waals surface area contributed by atoms with Crippen LogP contribution >= 0.6 is 0 Å². The van der Waals surface area contributed by atoms with Crippen LogP contribution in [0.1, 0.15) is 63.2 Å². The molecule has 1 aromatic rings. The van der Waals surface area contributed by atoms with E-state index < -0.39 is 0 Å². The average Bonchev–Trinajstić information content (AvgIpc) is 3.11. The molecule has 1 aliphatic carbocycles. The van der Waals surface area contributed by atoms with E-state index in [0.717, 1.165) is 57.7 Å². The third-order valence-corrected chi connectivity index (χ3v) is 5.70. The summed E-state index contributed by atoms with van der Waals surface area (Å²) in [5.74, 6) is 1.61. The van der Waals surface area contributed by atoms with Crippen LogP contribution in [0, 0.1) is 5.41 Å². The van der Waals surface area contributed by atoms with Gasteiger partial charge in [-0.25, -0.2) is 0 Å². The van der Waals surface area contributed by atoms with Crippen LogP contribution in [0.3, 0.4) is 0 Å². The SMILES string of the molecule is CNCCN(C)Cc1cnoc1[C@H]1CC[C@]2(CC1)CC(C)(C)CO2. The maximum Gasteiger partial charge on any atom is 0.144 e. The van der Waals surface area contributed by atoms with Gasteiger partial charge in [-0.05, 0) is 51.6 Å². The molecule has 24 heavy (non-hydrogen) atoms. The molecular weight excluding hydrogens is 302 g/mol. The summed E-state index contributed by atoms with van der Waals surface area (Å²) in [6.45, 7) is 8.48. The van der Waals surface area contributed by atoms with E-state index in [-0.39, 0.29) is 5.60 Å². The molecule has 1 spiro atoms. The number of rotatable bonds is 6. The fraction of sp³-hybridized carbons (Fsp3) is 0.842. The number of likely N-dealkylation sites (N-methyl/N-ethyl adjacent to an activating group) is 2. The first-order valence-electron chi connectivity index (χ1n) is 9.34. The maximum atomic E-state index is 6.24. The van der Waals surface area contributed by atoms with E-state index in [1.165, 1.54) is 12.0 Å². The number of nitrogens with zero attached hydrogens (tertiary/aromatic N) is 2. The number of hydrogen-bond donors (Lipinski definition) is 1. The Labute approximate surface area is 146 Å². The highest BCUT2D eigenvalue weighted by molar-refractivity contribution is 5.19. The molecule has 136 valence electrons. The maximum absolute atomic E-state index is 6.24. The van der Waals surface area contributed by atoms with Gasteiger partial charge in [-0.15, -0.1) is 0 Å². The van der Waals surface area contributed by atoms with E-state index in [0.29, 0.717) is 11.3 Å². The van der Waals surface area contributed by atoms with Gasteiger partial charge < -0.3 is 19.5 Å². The molecule has 0 bridgehead atoms. The van der Waals surface area contributed by atoms with Crippen LogP contribution in [0.2, 0.25) is 0 Å². The first kappa shape index (κ1) is 17.9. The Morgan fingerprint density at radius 1 is 1.33 bits per heavy atom. The van der Waals surface area contributed by atoms with Crippen LogP contribution in [-0.4, -0.2) is 49.4 Å². The van der Waals surface area contributed by atoms with E-state index in [1.54, 1.807) is 0 Å². The summed E-state index contributed by atoms with van der Waals surface area (Å²) in [7, 11) is 4.14. The minimum atomic E-state index is 0.129. The Morgan fingerprint density at radius 3 is 2.71 bits per heavy atom. The van der Waals surface area contributed by atoms with Crippen LogP contribution in [-0.2, 0) is 11.3 Å². The normalized spacial score (nSPS) is 29.6. The van der Waals surface area contributed by atoms with Crippen molar-refractivity contribution in [3.63, 3.8) is 0 Å². The van der Waals surface area contributed by atoms with Gasteiger partial charge in [0.25, 0.3) is 0 Å². The number of nitrogens with one attached hydrogen (secondary N) is 1. The molecule has 1 aromatic heterocycles. The predicted molar refractivity (Wildman–Crippen MR) is 95.1 cm³/mol. The predicted octanol–water partition coefficient (Wildman–Crippen LogP) is 3.17. The minimum Gasteiger partial charge on any atom is -0.374 e. The molecule has 5 heteroatoms. The van der Waals surface area contributed by atoms with Crippen molar-refractivity contribution < 1.29 is 9.26 Å². The van der Waals surface area contributed by atoms with Gasteiger partial charge in [0, 0.05) is 31.1 Å². The molecule has 0 radical (unpaired) electrons. The zero-order valence-electron chi connectivity index (χ0n) is 15.7. The number of hydrogen-bond acceptors (Lipinski definition) is 5. The van der Waals surface area contributed by atoms with Gasteiger partial charge in [0.15, 0.2) is 0 Å². The lowest BCUT2D eigenvalue weighted by atomic mass is 9.72. The van der Waals surface area contributed by atoms with Crippen molar-refractivity contribution in [3.8, 4) is 0 Å². The second-order valence-electron chi connectivity index (χ2n) is 8.64. The molecular formula is C19H33N3O2. The summed E-state index contributed by atoms with van der Waals surface area (Å²) in [5, 5.41) is 7.29. The van der Waals surface area contributed by atoms with Crippen molar-refractivity contribution in [3.05, 3.63) is 17.5 Å². The van der Waals surface area contributed by atoms with Crippen LogP contribution in [0.15, 0.2) is 10.7 Å². The highest BCUT2D eigenvalue weighted by Crippen LogP contribution is 2.50. The summed E-state index contributed by atoms with van der Waals surface area (Å²) < 4.78 is 11.9. The summed E-state index contributed by atoms with van der Waals surface area (Å²) >= 11 is 0. The summed E-state index contributed by atoms with van der Waals surface area (Å²) in [5.41, 5.74) is 1.71. The van der Waals surface area contributed by atoms with Crippen LogP contribution in [0.5, 0.6) is 0 Å². The number of aromatic nitrogens is 1. The van der Waals surface area contributed by atoms with Gasteiger partial charge in [0.2, 0.25) is 0 Å². The van der Waals surface area contributed by atoms with Crippen molar-refractivity contribution in [1.82, 2.24) is 15.4 Å². The fourth-order valence-electron chi connectivity index (χ4n) is 4.45. The molecule has 0 atom stereocenters. The molecule has 0 aromatic carbocycles. The second-order valence-corrected chi connectivity index (χ2v) is 8.64. The fourth-order valence-corrected chi connectivity index (χ4v) is 4.45. The van der Waals surface area contributed by atoms with E-state index in [9.17, 15) is 0 Å². The zero-order valence-corrected chi connectivity index (χ0v) is 15.7. The zero-order chi connectivity index (χ0) is 17.2. The van der Waals surface area contributed by atoms with Crippen LogP contribution in [0.25, 0.3) is 0 Å². The van der Waals surface area contributed by atoms with Gasteiger partial charge in [0.1, 0.15) is 5.76 Å². The standard InChI is InChI=1S/C19H33N3O2/c1-18(2)13-19(23-14-18)7-5-15(6-8-19)17-16(11-21-24-17)12-22(4)10-9-20-3/h11,15,20H,5-10,12-14H2,1-4H3/t15-,19-. The molecule has 1 saturated heterocycles. The van der Waals surface area contributed by atoms with Gasteiger partial charge >= 0.3 is 0 Å². The van der Waals surface area contributed by atoms with Crippen LogP contribution < -0.4 is 5.32 Å². The molecule has 3 rings (SSSR count). The largest absolute Gasteiger partial charge is 0.374 e. The molecule has 5 nitrogen and oxygen atoms in total. The topological polar surface area (TPSA) is 50.5 Å². The molecule has 2 fully saturated rings. The molecule has 0 unspecified atom stereocenters. The first-order valence-corrected chi connectivity index (χ1v) is 9.34. The summed E-state index contributed by atoms with van der Waals surface area (Å²) in [4.78, 5) is 2.32. The molecule has 2 aliphatic rings. The average molecular weight is 335 g/mol. The highest BCUT2D eigenvalue weighted by atomic mass is 16.5. The van der Waals surface area contributed by atoms with Gasteiger partial charge in [-0.2, -0.15) is 0 Å².